The van der Waals surface area contributed by atoms with Crippen LogP contribution in [0.1, 0.15) is 11.4 Å². The molecule has 0 aliphatic carbocycles. The van der Waals surface area contributed by atoms with Crippen molar-refractivity contribution in [1.82, 2.24) is 24.1 Å². The molecule has 0 amide bonds. The Kier molecular flexibility index (Phi) is 7.19. The van der Waals surface area contributed by atoms with E-state index in [-0.39, 0.29) is 0 Å². The summed E-state index contributed by atoms with van der Waals surface area (Å²) in [5.74, 6) is 2.01. The third-order valence-electron chi connectivity index (χ3n) is 11.4. The number of aromatic nitrogens is 5. The van der Waals surface area contributed by atoms with Crippen LogP contribution in [0.5, 0.6) is 0 Å². The molecule has 0 unspecified atom stereocenters. The molecule has 12 rings (SSSR count). The number of para-hydroxylation sites is 4. The molecule has 0 bridgehead atoms. The lowest BCUT2D eigenvalue weighted by Crippen LogP contribution is -2.07. The lowest BCUT2D eigenvalue weighted by molar-refractivity contribution is 0.673. The van der Waals surface area contributed by atoms with Crippen molar-refractivity contribution in [2.75, 3.05) is 0 Å². The van der Waals surface area contributed by atoms with Crippen LogP contribution in [0.15, 0.2) is 192 Å². The first-order valence-electron chi connectivity index (χ1n) is 19.6. The van der Waals surface area contributed by atoms with Crippen molar-refractivity contribution in [3.8, 4) is 34.2 Å². The molecule has 0 saturated carbocycles. The van der Waals surface area contributed by atoms with E-state index in [0.29, 0.717) is 23.9 Å². The fourth-order valence-electron chi connectivity index (χ4n) is 8.85. The molecule has 58 heavy (non-hydrogen) atoms. The molecule has 272 valence electrons. The topological polar surface area (TPSA) is 61.7 Å². The molecule has 4 heterocycles. The normalized spacial score (nSPS) is 11.9. The van der Waals surface area contributed by atoms with Crippen molar-refractivity contribution in [1.29, 1.82) is 0 Å². The largest absolute Gasteiger partial charge is 0.455 e. The molecule has 4 aromatic heterocycles. The van der Waals surface area contributed by atoms with Crippen LogP contribution in [0.2, 0.25) is 0 Å². The monoisotopic (exact) mass is 743 g/mol. The second-order valence-electron chi connectivity index (χ2n) is 14.8. The summed E-state index contributed by atoms with van der Waals surface area (Å²) >= 11 is 0. The van der Waals surface area contributed by atoms with Crippen molar-refractivity contribution in [3.05, 3.63) is 199 Å². The van der Waals surface area contributed by atoms with Crippen LogP contribution in [0.4, 0.5) is 0 Å². The quantitative estimate of drug-likeness (QED) is 0.170. The predicted molar refractivity (Wildman–Crippen MR) is 236 cm³/mol. The highest BCUT2D eigenvalue weighted by Gasteiger charge is 2.22. The zero-order valence-electron chi connectivity index (χ0n) is 31.2. The Bertz CT molecular complexity index is 3430. The Hall–Kier alpha value is -7.83. The van der Waals surface area contributed by atoms with Gasteiger partial charge in [-0.1, -0.05) is 140 Å². The van der Waals surface area contributed by atoms with Crippen LogP contribution < -0.4 is 0 Å². The first-order chi connectivity index (χ1) is 28.8. The smallest absolute Gasteiger partial charge is 0.163 e. The second kappa shape index (κ2) is 12.9. The van der Waals surface area contributed by atoms with Gasteiger partial charge in [0, 0.05) is 50.2 Å². The van der Waals surface area contributed by atoms with Gasteiger partial charge < -0.3 is 13.6 Å². The summed E-state index contributed by atoms with van der Waals surface area (Å²) in [5.41, 5.74) is 11.4. The lowest BCUT2D eigenvalue weighted by Gasteiger charge is -2.17. The maximum absolute atomic E-state index is 6.63. The molecule has 0 aliphatic heterocycles. The van der Waals surface area contributed by atoms with Crippen LogP contribution in [0.3, 0.4) is 0 Å². The molecule has 12 aromatic rings. The number of nitrogens with zero attached hydrogens (tertiary/aromatic N) is 5. The molecule has 0 N–H and O–H groups in total. The van der Waals surface area contributed by atoms with Gasteiger partial charge in [0.25, 0.3) is 0 Å². The van der Waals surface area contributed by atoms with Crippen LogP contribution in [0, 0.1) is 0 Å². The van der Waals surface area contributed by atoms with E-state index < -0.39 is 0 Å². The second-order valence-corrected chi connectivity index (χ2v) is 14.8. The minimum Gasteiger partial charge on any atom is -0.455 e. The Morgan fingerprint density at radius 1 is 0.414 bits per heavy atom. The fourth-order valence-corrected chi connectivity index (χ4v) is 8.85. The average molecular weight is 744 g/mol. The Morgan fingerprint density at radius 2 is 0.966 bits per heavy atom. The zero-order valence-corrected chi connectivity index (χ0v) is 31.2. The number of furan rings is 1. The van der Waals surface area contributed by atoms with Gasteiger partial charge in [0.2, 0.25) is 0 Å². The van der Waals surface area contributed by atoms with Crippen LogP contribution in [0.25, 0.3) is 99.7 Å². The highest BCUT2D eigenvalue weighted by molar-refractivity contribution is 6.23. The fraction of sp³-hybridized carbons (Fsp3) is 0.0192. The van der Waals surface area contributed by atoms with Crippen molar-refractivity contribution in [2.24, 2.45) is 0 Å². The molecular formula is C52H33N5O. The van der Waals surface area contributed by atoms with Gasteiger partial charge >= 0.3 is 0 Å². The van der Waals surface area contributed by atoms with Crippen molar-refractivity contribution < 1.29 is 4.42 Å². The summed E-state index contributed by atoms with van der Waals surface area (Å²) in [4.78, 5) is 15.2. The van der Waals surface area contributed by atoms with Gasteiger partial charge in [0.05, 0.1) is 33.1 Å². The molecule has 0 fully saturated rings. The molecule has 6 nitrogen and oxygen atoms in total. The van der Waals surface area contributed by atoms with E-state index in [1.54, 1.807) is 0 Å². The van der Waals surface area contributed by atoms with E-state index in [2.05, 4.69) is 155 Å². The number of rotatable bonds is 6. The summed E-state index contributed by atoms with van der Waals surface area (Å²) in [7, 11) is 0. The zero-order chi connectivity index (χ0) is 38.2. The highest BCUT2D eigenvalue weighted by atomic mass is 16.3. The molecule has 6 heteroatoms. The third kappa shape index (κ3) is 5.02. The van der Waals surface area contributed by atoms with Crippen LogP contribution in [-0.4, -0.2) is 24.1 Å². The maximum Gasteiger partial charge on any atom is 0.163 e. The van der Waals surface area contributed by atoms with Gasteiger partial charge in [-0.15, -0.1) is 0 Å². The van der Waals surface area contributed by atoms with Gasteiger partial charge in [0.15, 0.2) is 11.6 Å². The van der Waals surface area contributed by atoms with E-state index in [0.717, 1.165) is 82.8 Å². The van der Waals surface area contributed by atoms with Gasteiger partial charge in [-0.3, -0.25) is 0 Å². The van der Waals surface area contributed by atoms with Gasteiger partial charge in [0.1, 0.15) is 17.0 Å². The number of hydrogen-bond acceptors (Lipinski definition) is 4. The molecule has 0 radical (unpaired) electrons. The van der Waals surface area contributed by atoms with Crippen LogP contribution >= 0.6 is 0 Å². The summed E-state index contributed by atoms with van der Waals surface area (Å²) < 4.78 is 11.4. The highest BCUT2D eigenvalue weighted by Crippen LogP contribution is 2.42. The third-order valence-corrected chi connectivity index (χ3v) is 11.4. The van der Waals surface area contributed by atoms with Crippen molar-refractivity contribution in [3.63, 3.8) is 0 Å². The number of fused-ring (bicyclic) bond motifs is 10. The minimum absolute atomic E-state index is 0.491. The molecule has 0 saturated heterocycles. The van der Waals surface area contributed by atoms with Gasteiger partial charge in [-0.2, -0.15) is 0 Å². The summed E-state index contributed by atoms with van der Waals surface area (Å²) in [5, 5.41) is 6.91. The summed E-state index contributed by atoms with van der Waals surface area (Å²) in [6.45, 7) is 0. The molecule has 0 aliphatic rings. The standard InChI is InChI=1S/C52H33N5O/c1-3-15-33(16-4-1)51-53-48(54-52(55-51)34-17-5-2-6-18-34)31-35-27-28-36(32-46(35)57-42-23-11-7-19-37(42)38-20-8-12-24-43(38)57)56-44-25-13-9-22-41(44)49-45(56)30-29-40-39-21-10-14-26-47(39)58-50(40)49/h1-30,32H,31H2. The first-order valence-corrected chi connectivity index (χ1v) is 19.6. The predicted octanol–water partition coefficient (Wildman–Crippen LogP) is 12.9. The van der Waals surface area contributed by atoms with E-state index in [9.17, 15) is 0 Å². The Morgan fingerprint density at radius 3 is 1.62 bits per heavy atom. The summed E-state index contributed by atoms with van der Waals surface area (Å²) in [6, 6.07) is 65.9. The molecule has 8 aromatic carbocycles. The van der Waals surface area contributed by atoms with E-state index in [1.165, 1.54) is 10.8 Å². The van der Waals surface area contributed by atoms with E-state index >= 15 is 0 Å². The Balaban J connectivity index is 1.12. The van der Waals surface area contributed by atoms with Crippen LogP contribution in [-0.2, 0) is 6.42 Å². The van der Waals surface area contributed by atoms with Crippen molar-refractivity contribution >= 4 is 65.6 Å². The van der Waals surface area contributed by atoms with Crippen molar-refractivity contribution in [2.45, 2.75) is 6.42 Å². The number of benzene rings is 8. The van der Waals surface area contributed by atoms with Gasteiger partial charge in [-0.05, 0) is 54.1 Å². The summed E-state index contributed by atoms with van der Waals surface area (Å²) in [6.07, 6.45) is 0.491. The number of hydrogen-bond donors (Lipinski definition) is 0. The van der Waals surface area contributed by atoms with E-state index in [1.807, 2.05) is 42.5 Å². The molecular weight excluding hydrogens is 711 g/mol. The first kappa shape index (κ1) is 32.4. The average Bonchev–Trinajstić information content (AvgIpc) is 3.95. The van der Waals surface area contributed by atoms with Gasteiger partial charge in [-0.25, -0.2) is 15.0 Å². The molecule has 0 spiro atoms. The Labute approximate surface area is 332 Å². The molecule has 0 atom stereocenters. The van der Waals surface area contributed by atoms with E-state index in [4.69, 9.17) is 19.4 Å². The lowest BCUT2D eigenvalue weighted by atomic mass is 10.1. The minimum atomic E-state index is 0.491. The SMILES string of the molecule is c1ccc(-c2nc(Cc3ccc(-n4c5ccccc5c5c6oc7ccccc7c6ccc54)cc3-n3c4ccccc4c4ccccc43)nc(-c3ccccc3)n2)cc1. The maximum atomic E-state index is 6.63.